The van der Waals surface area contributed by atoms with Crippen LogP contribution in [0.1, 0.15) is 17.4 Å². The molecular weight excluding hydrogens is 232 g/mol. The van der Waals surface area contributed by atoms with Gasteiger partial charge in [0.1, 0.15) is 0 Å². The summed E-state index contributed by atoms with van der Waals surface area (Å²) in [7, 11) is 0. The Morgan fingerprint density at radius 3 is 2.80 bits per heavy atom. The maximum Gasteiger partial charge on any atom is 0.236 e. The van der Waals surface area contributed by atoms with Gasteiger partial charge in [0.15, 0.2) is 0 Å². The molecule has 0 fully saturated rings. The van der Waals surface area contributed by atoms with Crippen molar-refractivity contribution in [1.29, 1.82) is 0 Å². The average Bonchev–Trinajstić information content (AvgIpc) is 2.51. The molecule has 5 heteroatoms. The van der Waals surface area contributed by atoms with Gasteiger partial charge in [0, 0.05) is 11.4 Å². The minimum atomic E-state index is -0.417. The molecule has 86 valence electrons. The molecule has 1 aromatic heterocycles. The number of aryl methyl sites for hydroxylation is 1. The maximum atomic E-state index is 11.1. The summed E-state index contributed by atoms with van der Waals surface area (Å²) in [6.07, 6.45) is 0.891. The van der Waals surface area contributed by atoms with Crippen LogP contribution in [-0.4, -0.2) is 18.5 Å². The second-order valence-corrected chi connectivity index (χ2v) is 4.36. The van der Waals surface area contributed by atoms with Crippen LogP contribution in [0.2, 0.25) is 0 Å². The topological polar surface area (TPSA) is 55.1 Å². The molecule has 0 radical (unpaired) electrons. The molecule has 1 atom stereocenters. The average molecular weight is 249 g/mol. The van der Waals surface area contributed by atoms with Gasteiger partial charge < -0.3 is 11.1 Å². The quantitative estimate of drug-likeness (QED) is 0.848. The first-order chi connectivity index (χ1) is 6.61. The molecule has 1 amide bonds. The smallest absolute Gasteiger partial charge is 0.236 e. The van der Waals surface area contributed by atoms with Crippen LogP contribution in [-0.2, 0) is 11.2 Å². The standard InChI is InChI=1S/C10H16N2OS.ClH/c1-7-4-6-14-9(7)3-5-12-10(13)8(2)11;/h4,6,8H,3,5,11H2,1-2H3,(H,12,13);1H/t8-;/m1./s1. The minimum Gasteiger partial charge on any atom is -0.354 e. The summed E-state index contributed by atoms with van der Waals surface area (Å²) < 4.78 is 0. The largest absolute Gasteiger partial charge is 0.354 e. The van der Waals surface area contributed by atoms with E-state index in [4.69, 9.17) is 5.73 Å². The summed E-state index contributed by atoms with van der Waals surface area (Å²) in [6.45, 7) is 4.44. The number of amides is 1. The van der Waals surface area contributed by atoms with Gasteiger partial charge in [-0.05, 0) is 37.3 Å². The number of hydrogen-bond acceptors (Lipinski definition) is 3. The van der Waals surface area contributed by atoms with Crippen LogP contribution in [0.4, 0.5) is 0 Å². The van der Waals surface area contributed by atoms with Crippen molar-refractivity contribution in [3.63, 3.8) is 0 Å². The van der Waals surface area contributed by atoms with Gasteiger partial charge in [-0.1, -0.05) is 0 Å². The Morgan fingerprint density at radius 1 is 1.67 bits per heavy atom. The normalized spacial score (nSPS) is 11.7. The lowest BCUT2D eigenvalue weighted by Crippen LogP contribution is -2.39. The third kappa shape index (κ3) is 4.64. The first-order valence-electron chi connectivity index (χ1n) is 4.67. The van der Waals surface area contributed by atoms with Crippen LogP contribution < -0.4 is 11.1 Å². The van der Waals surface area contributed by atoms with E-state index in [1.807, 2.05) is 0 Å². The number of carbonyl (C=O) groups is 1. The van der Waals surface area contributed by atoms with Crippen LogP contribution in [0, 0.1) is 6.92 Å². The highest BCUT2D eigenvalue weighted by Gasteiger charge is 2.06. The fourth-order valence-electron chi connectivity index (χ4n) is 1.12. The molecule has 0 aliphatic rings. The van der Waals surface area contributed by atoms with Crippen molar-refractivity contribution in [2.45, 2.75) is 26.3 Å². The molecule has 1 rings (SSSR count). The van der Waals surface area contributed by atoms with Crippen molar-refractivity contribution >= 4 is 29.7 Å². The Kier molecular flexibility index (Phi) is 6.56. The highest BCUT2D eigenvalue weighted by molar-refractivity contribution is 7.10. The molecule has 0 saturated carbocycles. The minimum absolute atomic E-state index is 0. The zero-order valence-corrected chi connectivity index (χ0v) is 10.6. The highest BCUT2D eigenvalue weighted by Crippen LogP contribution is 2.15. The van der Waals surface area contributed by atoms with Gasteiger partial charge in [-0.2, -0.15) is 0 Å². The van der Waals surface area contributed by atoms with E-state index in [-0.39, 0.29) is 18.3 Å². The van der Waals surface area contributed by atoms with E-state index < -0.39 is 6.04 Å². The highest BCUT2D eigenvalue weighted by atomic mass is 35.5. The lowest BCUT2D eigenvalue weighted by molar-refractivity contribution is -0.121. The van der Waals surface area contributed by atoms with Crippen LogP contribution in [0.3, 0.4) is 0 Å². The Balaban J connectivity index is 0.00000196. The van der Waals surface area contributed by atoms with Gasteiger partial charge in [-0.25, -0.2) is 0 Å². The molecule has 0 unspecified atom stereocenters. The third-order valence-electron chi connectivity index (χ3n) is 2.03. The van der Waals surface area contributed by atoms with Crippen LogP contribution >= 0.6 is 23.7 Å². The number of thiophene rings is 1. The molecule has 3 N–H and O–H groups in total. The van der Waals surface area contributed by atoms with Gasteiger partial charge in [-0.15, -0.1) is 23.7 Å². The van der Waals surface area contributed by atoms with Crippen molar-refractivity contribution < 1.29 is 4.79 Å². The number of halogens is 1. The summed E-state index contributed by atoms with van der Waals surface area (Å²) >= 11 is 1.73. The van der Waals surface area contributed by atoms with E-state index in [0.29, 0.717) is 6.54 Å². The summed E-state index contributed by atoms with van der Waals surface area (Å²) in [6, 6.07) is 1.67. The van der Waals surface area contributed by atoms with Crippen molar-refractivity contribution in [2.24, 2.45) is 5.73 Å². The molecule has 3 nitrogen and oxygen atoms in total. The van der Waals surface area contributed by atoms with Crippen molar-refractivity contribution in [1.82, 2.24) is 5.32 Å². The van der Waals surface area contributed by atoms with Crippen LogP contribution in [0.15, 0.2) is 11.4 Å². The van der Waals surface area contributed by atoms with E-state index in [1.54, 1.807) is 18.3 Å². The summed E-state index contributed by atoms with van der Waals surface area (Å²) in [5.41, 5.74) is 6.71. The lowest BCUT2D eigenvalue weighted by atomic mass is 10.2. The molecule has 0 aliphatic heterocycles. The monoisotopic (exact) mass is 248 g/mol. The zero-order chi connectivity index (χ0) is 10.6. The SMILES string of the molecule is Cc1ccsc1CCNC(=O)[C@@H](C)N.Cl. The van der Waals surface area contributed by atoms with E-state index in [0.717, 1.165) is 6.42 Å². The van der Waals surface area contributed by atoms with Gasteiger partial charge in [0.05, 0.1) is 6.04 Å². The molecule has 15 heavy (non-hydrogen) atoms. The Bertz CT molecular complexity index is 312. The second kappa shape index (κ2) is 6.82. The van der Waals surface area contributed by atoms with E-state index in [9.17, 15) is 4.79 Å². The Morgan fingerprint density at radius 2 is 2.33 bits per heavy atom. The number of nitrogens with two attached hydrogens (primary N) is 1. The number of rotatable bonds is 4. The van der Waals surface area contributed by atoms with Crippen molar-refractivity contribution in [2.75, 3.05) is 6.54 Å². The number of carbonyl (C=O) groups excluding carboxylic acids is 1. The summed E-state index contributed by atoms with van der Waals surface area (Å²) in [5, 5.41) is 4.86. The van der Waals surface area contributed by atoms with E-state index >= 15 is 0 Å². The third-order valence-corrected chi connectivity index (χ3v) is 3.12. The fourth-order valence-corrected chi connectivity index (χ4v) is 2.03. The van der Waals surface area contributed by atoms with Crippen LogP contribution in [0.5, 0.6) is 0 Å². The van der Waals surface area contributed by atoms with Crippen molar-refractivity contribution in [3.05, 3.63) is 21.9 Å². The summed E-state index contributed by atoms with van der Waals surface area (Å²) in [4.78, 5) is 12.5. The Hall–Kier alpha value is -0.580. The molecule has 0 aliphatic carbocycles. The maximum absolute atomic E-state index is 11.1. The first-order valence-corrected chi connectivity index (χ1v) is 5.55. The van der Waals surface area contributed by atoms with Gasteiger partial charge in [-0.3, -0.25) is 4.79 Å². The molecular formula is C10H17ClN2OS. The molecule has 0 bridgehead atoms. The lowest BCUT2D eigenvalue weighted by Gasteiger charge is -2.06. The molecule has 0 saturated heterocycles. The van der Waals surface area contributed by atoms with Gasteiger partial charge in [0.25, 0.3) is 0 Å². The van der Waals surface area contributed by atoms with E-state index in [2.05, 4.69) is 23.7 Å². The predicted octanol–water partition coefficient (Wildman–Crippen LogP) is 1.48. The number of hydrogen-bond donors (Lipinski definition) is 2. The van der Waals surface area contributed by atoms with Crippen molar-refractivity contribution in [3.8, 4) is 0 Å². The zero-order valence-electron chi connectivity index (χ0n) is 8.95. The fraction of sp³-hybridized carbons (Fsp3) is 0.500. The van der Waals surface area contributed by atoms with Gasteiger partial charge in [0.2, 0.25) is 5.91 Å². The van der Waals surface area contributed by atoms with Crippen LogP contribution in [0.25, 0.3) is 0 Å². The second-order valence-electron chi connectivity index (χ2n) is 3.36. The van der Waals surface area contributed by atoms with E-state index in [1.165, 1.54) is 10.4 Å². The first kappa shape index (κ1) is 14.4. The van der Waals surface area contributed by atoms with Gasteiger partial charge >= 0.3 is 0 Å². The molecule has 1 heterocycles. The Labute approximate surface area is 100 Å². The summed E-state index contributed by atoms with van der Waals surface area (Å²) in [5.74, 6) is -0.0841. The molecule has 1 aromatic rings. The predicted molar refractivity (Wildman–Crippen MR) is 66.7 cm³/mol. The molecule has 0 aromatic carbocycles. The molecule has 0 spiro atoms. The number of nitrogens with one attached hydrogen (secondary N) is 1.